The largest absolute Gasteiger partial charge is 0.200 e. The van der Waals surface area contributed by atoms with E-state index in [9.17, 15) is 0 Å². The Kier molecular flexibility index (Phi) is 7.45. The molecule has 0 amide bonds. The molecule has 0 aliphatic carbocycles. The summed E-state index contributed by atoms with van der Waals surface area (Å²) in [6.45, 7) is 6.26. The Morgan fingerprint density at radius 1 is 1.12 bits per heavy atom. The van der Waals surface area contributed by atoms with Crippen LogP contribution in [0.1, 0.15) is 39.2 Å². The molecule has 0 bridgehead atoms. The zero-order valence-electron chi connectivity index (χ0n) is 14.5. The lowest BCUT2D eigenvalue weighted by atomic mass is 10.0. The number of thioether (sulfide) groups is 1. The van der Waals surface area contributed by atoms with Gasteiger partial charge in [0, 0.05) is 10.6 Å². The van der Waals surface area contributed by atoms with Crippen molar-refractivity contribution in [2.24, 2.45) is 4.99 Å². The van der Waals surface area contributed by atoms with Gasteiger partial charge in [0.05, 0.1) is 5.16 Å². The molecule has 124 valence electrons. The Bertz CT molecular complexity index is 812. The summed E-state index contributed by atoms with van der Waals surface area (Å²) in [5.41, 5.74) is 3.29. The Hall–Kier alpha value is -1.67. The number of nitrogens with zero attached hydrogens (tertiary/aromatic N) is 1. The van der Waals surface area contributed by atoms with Gasteiger partial charge in [-0.25, -0.2) is 0 Å². The zero-order chi connectivity index (χ0) is 17.4. The van der Waals surface area contributed by atoms with Crippen molar-refractivity contribution in [2.45, 2.75) is 38.5 Å². The molecule has 0 radical (unpaired) electrons. The van der Waals surface area contributed by atoms with Crippen molar-refractivity contribution in [1.29, 1.82) is 0 Å². The van der Waals surface area contributed by atoms with E-state index in [4.69, 9.17) is 0 Å². The highest BCUT2D eigenvalue weighted by molar-refractivity contribution is 7.99. The molecule has 0 fully saturated rings. The van der Waals surface area contributed by atoms with Gasteiger partial charge in [0.15, 0.2) is 0 Å². The van der Waals surface area contributed by atoms with Crippen LogP contribution in [0.25, 0.3) is 16.3 Å². The predicted octanol–water partition coefficient (Wildman–Crippen LogP) is 7.14. The summed E-state index contributed by atoms with van der Waals surface area (Å²) < 4.78 is 0. The van der Waals surface area contributed by atoms with Crippen molar-refractivity contribution in [2.75, 3.05) is 5.75 Å². The molecular weight excluding hydrogens is 330 g/mol. The number of isothiocyanates is 1. The molecule has 3 heteroatoms. The van der Waals surface area contributed by atoms with Crippen LogP contribution in [-0.4, -0.2) is 10.9 Å². The van der Waals surface area contributed by atoms with E-state index in [-0.39, 0.29) is 0 Å². The number of rotatable bonds is 7. The van der Waals surface area contributed by atoms with Gasteiger partial charge in [-0.2, -0.15) is 4.99 Å². The van der Waals surface area contributed by atoms with Gasteiger partial charge in [-0.05, 0) is 84.4 Å². The molecule has 0 aromatic heterocycles. The highest BCUT2D eigenvalue weighted by Gasteiger charge is 2.01. The second-order valence-corrected chi connectivity index (χ2v) is 7.14. The molecule has 2 rings (SSSR count). The van der Waals surface area contributed by atoms with Crippen molar-refractivity contribution in [3.05, 3.63) is 59.8 Å². The summed E-state index contributed by atoms with van der Waals surface area (Å²) in [7, 11) is 0. The van der Waals surface area contributed by atoms with E-state index in [0.29, 0.717) is 0 Å². The third-order valence-electron chi connectivity index (χ3n) is 3.83. The molecule has 0 saturated carbocycles. The van der Waals surface area contributed by atoms with Crippen LogP contribution < -0.4 is 0 Å². The van der Waals surface area contributed by atoms with Crippen molar-refractivity contribution in [1.82, 2.24) is 0 Å². The molecule has 0 aliphatic heterocycles. The molecule has 2 aromatic rings. The van der Waals surface area contributed by atoms with Crippen LogP contribution in [0.4, 0.5) is 0 Å². The second-order valence-electron chi connectivity index (χ2n) is 5.79. The Morgan fingerprint density at radius 2 is 1.88 bits per heavy atom. The molecule has 0 atom stereocenters. The van der Waals surface area contributed by atoms with Crippen LogP contribution in [-0.2, 0) is 0 Å². The maximum atomic E-state index is 4.62. The Labute approximate surface area is 154 Å². The van der Waals surface area contributed by atoms with Crippen LogP contribution in [0, 0.1) is 0 Å². The number of allylic oxidation sites excluding steroid dienone is 4. The molecule has 2 aromatic carbocycles. The summed E-state index contributed by atoms with van der Waals surface area (Å²) in [6.07, 6.45) is 6.55. The second kappa shape index (κ2) is 9.58. The maximum Gasteiger partial charge on any atom is 0.0637 e. The van der Waals surface area contributed by atoms with E-state index in [2.05, 4.69) is 78.7 Å². The Balaban J connectivity index is 2.22. The fraction of sp³-hybridized carbons (Fsp3) is 0.286. The predicted molar refractivity (Wildman–Crippen MR) is 112 cm³/mol. The standard InChI is InChI=1S/C21H23NS2/c1-4-5-12-24-21-11-10-19-13-18(8-9-20(19)14-21)16(2)6-7-17(3)22-15-23/h6-11,13-14H,4-5,12H2,1-3H3/b16-6+,17-7-. The topological polar surface area (TPSA) is 12.4 Å². The van der Waals surface area contributed by atoms with E-state index in [0.717, 1.165) is 5.70 Å². The van der Waals surface area contributed by atoms with Crippen molar-refractivity contribution >= 4 is 45.5 Å². The Morgan fingerprint density at radius 3 is 2.62 bits per heavy atom. The molecule has 1 nitrogen and oxygen atoms in total. The highest BCUT2D eigenvalue weighted by Crippen LogP contribution is 2.27. The highest BCUT2D eigenvalue weighted by atomic mass is 32.2. The first-order chi connectivity index (χ1) is 11.6. The van der Waals surface area contributed by atoms with E-state index in [1.54, 1.807) is 0 Å². The number of fused-ring (bicyclic) bond motifs is 1. The summed E-state index contributed by atoms with van der Waals surface area (Å²) in [5, 5.41) is 4.96. The normalized spacial score (nSPS) is 12.3. The molecule has 0 spiro atoms. The van der Waals surface area contributed by atoms with Crippen molar-refractivity contribution in [3.63, 3.8) is 0 Å². The van der Waals surface area contributed by atoms with Gasteiger partial charge in [0.25, 0.3) is 0 Å². The van der Waals surface area contributed by atoms with Crippen LogP contribution in [0.3, 0.4) is 0 Å². The number of thiocarbonyl (C=S) groups is 1. The number of hydrogen-bond donors (Lipinski definition) is 0. The lowest BCUT2D eigenvalue weighted by Crippen LogP contribution is -1.83. The number of unbranched alkanes of at least 4 members (excludes halogenated alkanes) is 1. The van der Waals surface area contributed by atoms with Gasteiger partial charge in [-0.1, -0.05) is 37.6 Å². The maximum absolute atomic E-state index is 4.62. The monoisotopic (exact) mass is 353 g/mol. The molecule has 0 heterocycles. The number of aliphatic imine (C=N–C) groups is 1. The minimum absolute atomic E-state index is 0.860. The smallest absolute Gasteiger partial charge is 0.0637 e. The fourth-order valence-electron chi connectivity index (χ4n) is 2.34. The molecule has 0 N–H and O–H groups in total. The first-order valence-corrected chi connectivity index (χ1v) is 9.63. The van der Waals surface area contributed by atoms with Crippen LogP contribution in [0.15, 0.2) is 64.1 Å². The average Bonchev–Trinajstić information content (AvgIpc) is 2.59. The molecular formula is C21H23NS2. The van der Waals surface area contributed by atoms with Crippen molar-refractivity contribution < 1.29 is 0 Å². The minimum Gasteiger partial charge on any atom is -0.200 e. The average molecular weight is 354 g/mol. The van der Waals surface area contributed by atoms with Gasteiger partial charge in [0.1, 0.15) is 0 Å². The summed E-state index contributed by atoms with van der Waals surface area (Å²) >= 11 is 6.56. The van der Waals surface area contributed by atoms with E-state index >= 15 is 0 Å². The van der Waals surface area contributed by atoms with Gasteiger partial charge in [0.2, 0.25) is 0 Å². The van der Waals surface area contributed by atoms with E-state index < -0.39 is 0 Å². The minimum atomic E-state index is 0.860. The first-order valence-electron chi connectivity index (χ1n) is 8.24. The van der Waals surface area contributed by atoms with E-state index in [1.807, 2.05) is 24.8 Å². The molecule has 0 saturated heterocycles. The summed E-state index contributed by atoms with van der Waals surface area (Å²) in [4.78, 5) is 5.31. The van der Waals surface area contributed by atoms with Gasteiger partial charge in [-0.15, -0.1) is 11.8 Å². The third kappa shape index (κ3) is 5.45. The molecule has 0 unspecified atom stereocenters. The fourth-order valence-corrected chi connectivity index (χ4v) is 3.53. The molecule has 0 aliphatic rings. The lowest BCUT2D eigenvalue weighted by molar-refractivity contribution is 0.896. The van der Waals surface area contributed by atoms with Crippen LogP contribution in [0.5, 0.6) is 0 Å². The summed E-state index contributed by atoms with van der Waals surface area (Å²) in [5.74, 6) is 1.19. The first kappa shape index (κ1) is 18.7. The van der Waals surface area contributed by atoms with Gasteiger partial charge >= 0.3 is 0 Å². The summed E-state index contributed by atoms with van der Waals surface area (Å²) in [6, 6.07) is 13.4. The number of benzene rings is 2. The molecule has 24 heavy (non-hydrogen) atoms. The SMILES string of the molecule is CCCCSc1ccc2cc(/C(C)=C/C=C(/C)N=C=S)ccc2c1. The van der Waals surface area contributed by atoms with E-state index in [1.165, 1.54) is 45.4 Å². The van der Waals surface area contributed by atoms with Crippen LogP contribution >= 0.6 is 24.0 Å². The quantitative estimate of drug-likeness (QED) is 0.172. The third-order valence-corrected chi connectivity index (χ3v) is 5.00. The van der Waals surface area contributed by atoms with Crippen molar-refractivity contribution in [3.8, 4) is 0 Å². The zero-order valence-corrected chi connectivity index (χ0v) is 16.1. The van der Waals surface area contributed by atoms with Crippen LogP contribution in [0.2, 0.25) is 0 Å². The van der Waals surface area contributed by atoms with Gasteiger partial charge < -0.3 is 0 Å². The van der Waals surface area contributed by atoms with Gasteiger partial charge in [-0.3, -0.25) is 0 Å². The number of hydrogen-bond acceptors (Lipinski definition) is 3. The lowest BCUT2D eigenvalue weighted by Gasteiger charge is -2.06.